The first kappa shape index (κ1) is 11.1. The van der Waals surface area contributed by atoms with Gasteiger partial charge in [0.05, 0.1) is 0 Å². The fourth-order valence-electron chi connectivity index (χ4n) is 1.85. The van der Waals surface area contributed by atoms with Crippen molar-refractivity contribution in [3.8, 4) is 0 Å². The van der Waals surface area contributed by atoms with Gasteiger partial charge in [-0.1, -0.05) is 42.0 Å². The van der Waals surface area contributed by atoms with Crippen LogP contribution in [-0.4, -0.2) is 16.0 Å². The van der Waals surface area contributed by atoms with Crippen LogP contribution in [0.4, 0.5) is 0 Å². The van der Waals surface area contributed by atoms with Crippen LogP contribution in [0.2, 0.25) is 0 Å². The van der Waals surface area contributed by atoms with Crippen molar-refractivity contribution in [2.75, 3.05) is 0 Å². The van der Waals surface area contributed by atoms with Crippen molar-refractivity contribution >= 4 is 5.57 Å². The van der Waals surface area contributed by atoms with Crippen LogP contribution in [0.25, 0.3) is 5.57 Å². The molecule has 16 heavy (non-hydrogen) atoms. The molecule has 0 heterocycles. The van der Waals surface area contributed by atoms with Gasteiger partial charge in [-0.2, -0.15) is 0 Å². The zero-order valence-electron chi connectivity index (χ0n) is 9.57. The van der Waals surface area contributed by atoms with E-state index in [1.807, 2.05) is 37.3 Å². The van der Waals surface area contributed by atoms with Gasteiger partial charge in [0.15, 0.2) is 5.79 Å². The lowest BCUT2D eigenvalue weighted by atomic mass is 9.91. The minimum Gasteiger partial charge on any atom is -0.362 e. The molecule has 1 aromatic rings. The summed E-state index contributed by atoms with van der Waals surface area (Å²) in [6.07, 6.45) is 3.94. The smallest absolute Gasteiger partial charge is 0.189 e. The number of rotatable bonds is 1. The molecule has 2 N–H and O–H groups in total. The number of benzene rings is 1. The average Bonchev–Trinajstić information content (AvgIpc) is 2.22. The summed E-state index contributed by atoms with van der Waals surface area (Å²) < 4.78 is 0. The first-order valence-electron chi connectivity index (χ1n) is 5.40. The van der Waals surface area contributed by atoms with Crippen LogP contribution in [0.15, 0.2) is 42.0 Å². The lowest BCUT2D eigenvalue weighted by molar-refractivity contribution is -0.125. The molecule has 84 valence electrons. The molecule has 0 fully saturated rings. The second-order valence-electron chi connectivity index (χ2n) is 4.38. The second kappa shape index (κ2) is 3.89. The maximum absolute atomic E-state index is 9.60. The molecule has 0 unspecified atom stereocenters. The summed E-state index contributed by atoms with van der Waals surface area (Å²) in [5.41, 5.74) is 3.97. The Kier molecular flexibility index (Phi) is 2.70. The Hall–Kier alpha value is -1.38. The highest BCUT2D eigenvalue weighted by atomic mass is 16.5. The molecular weight excluding hydrogens is 200 g/mol. The second-order valence-corrected chi connectivity index (χ2v) is 4.38. The standard InChI is InChI=1S/C14H16O2/c1-10-4-3-5-12(8-10)13-6-7-14(15,16)11(2)9-13/h3-6,8-9,15-16H,7H2,1-2H3. The predicted molar refractivity (Wildman–Crippen MR) is 64.7 cm³/mol. The Labute approximate surface area is 95.6 Å². The predicted octanol–water partition coefficient (Wildman–Crippen LogP) is 2.41. The molecule has 0 saturated carbocycles. The Morgan fingerprint density at radius 2 is 1.94 bits per heavy atom. The van der Waals surface area contributed by atoms with Crippen molar-refractivity contribution in [2.24, 2.45) is 0 Å². The molecule has 2 nitrogen and oxygen atoms in total. The van der Waals surface area contributed by atoms with Crippen molar-refractivity contribution in [3.05, 3.63) is 53.1 Å². The highest BCUT2D eigenvalue weighted by Gasteiger charge is 2.27. The first-order chi connectivity index (χ1) is 7.49. The Balaban J connectivity index is 2.36. The summed E-state index contributed by atoms with van der Waals surface area (Å²) >= 11 is 0. The molecule has 0 radical (unpaired) electrons. The molecule has 0 aliphatic heterocycles. The summed E-state index contributed by atoms with van der Waals surface area (Å²) in [5, 5.41) is 19.2. The topological polar surface area (TPSA) is 40.5 Å². The van der Waals surface area contributed by atoms with Crippen molar-refractivity contribution < 1.29 is 10.2 Å². The van der Waals surface area contributed by atoms with Gasteiger partial charge >= 0.3 is 0 Å². The van der Waals surface area contributed by atoms with E-state index in [0.717, 1.165) is 11.1 Å². The van der Waals surface area contributed by atoms with Gasteiger partial charge in [0, 0.05) is 6.42 Å². The highest BCUT2D eigenvalue weighted by molar-refractivity contribution is 5.76. The van der Waals surface area contributed by atoms with Gasteiger partial charge in [-0.25, -0.2) is 0 Å². The van der Waals surface area contributed by atoms with E-state index in [1.54, 1.807) is 6.92 Å². The van der Waals surface area contributed by atoms with Gasteiger partial charge in [0.2, 0.25) is 0 Å². The van der Waals surface area contributed by atoms with Gasteiger partial charge in [0.25, 0.3) is 0 Å². The monoisotopic (exact) mass is 216 g/mol. The van der Waals surface area contributed by atoms with E-state index >= 15 is 0 Å². The molecule has 1 aromatic carbocycles. The zero-order valence-corrected chi connectivity index (χ0v) is 9.57. The van der Waals surface area contributed by atoms with Crippen molar-refractivity contribution in [1.29, 1.82) is 0 Å². The molecule has 0 bridgehead atoms. The summed E-state index contributed by atoms with van der Waals surface area (Å²) in [4.78, 5) is 0. The van der Waals surface area contributed by atoms with E-state index in [4.69, 9.17) is 0 Å². The molecule has 2 heteroatoms. The molecule has 2 rings (SSSR count). The van der Waals surface area contributed by atoms with Crippen molar-refractivity contribution in [2.45, 2.75) is 26.1 Å². The van der Waals surface area contributed by atoms with Crippen LogP contribution in [0, 0.1) is 6.92 Å². The maximum Gasteiger partial charge on any atom is 0.189 e. The average molecular weight is 216 g/mol. The normalized spacial score (nSPS) is 19.0. The number of allylic oxidation sites excluding steroid dienone is 2. The van der Waals surface area contributed by atoms with Crippen LogP contribution >= 0.6 is 0 Å². The van der Waals surface area contributed by atoms with E-state index < -0.39 is 5.79 Å². The number of aryl methyl sites for hydroxylation is 1. The summed E-state index contributed by atoms with van der Waals surface area (Å²) in [6.45, 7) is 3.79. The van der Waals surface area contributed by atoms with Gasteiger partial charge in [-0.3, -0.25) is 0 Å². The van der Waals surface area contributed by atoms with E-state index in [1.165, 1.54) is 5.56 Å². The van der Waals surface area contributed by atoms with Crippen molar-refractivity contribution in [1.82, 2.24) is 0 Å². The van der Waals surface area contributed by atoms with Crippen LogP contribution in [0.5, 0.6) is 0 Å². The number of hydrogen-bond acceptors (Lipinski definition) is 2. The van der Waals surface area contributed by atoms with Crippen LogP contribution < -0.4 is 0 Å². The van der Waals surface area contributed by atoms with Crippen LogP contribution in [0.3, 0.4) is 0 Å². The van der Waals surface area contributed by atoms with E-state index in [-0.39, 0.29) is 6.42 Å². The zero-order chi connectivity index (χ0) is 11.8. The first-order valence-corrected chi connectivity index (χ1v) is 5.40. The van der Waals surface area contributed by atoms with Gasteiger partial charge in [0.1, 0.15) is 0 Å². The fourth-order valence-corrected chi connectivity index (χ4v) is 1.85. The Morgan fingerprint density at radius 3 is 2.56 bits per heavy atom. The minimum absolute atomic E-state index is 0.249. The number of hydrogen-bond donors (Lipinski definition) is 2. The van der Waals surface area contributed by atoms with Crippen molar-refractivity contribution in [3.63, 3.8) is 0 Å². The summed E-state index contributed by atoms with van der Waals surface area (Å²) in [7, 11) is 0. The lowest BCUT2D eigenvalue weighted by Gasteiger charge is -2.25. The Bertz CT molecular complexity index is 467. The molecule has 0 aromatic heterocycles. The lowest BCUT2D eigenvalue weighted by Crippen LogP contribution is -2.30. The third-order valence-electron chi connectivity index (χ3n) is 2.96. The molecule has 0 amide bonds. The summed E-state index contributed by atoms with van der Waals surface area (Å²) in [6, 6.07) is 8.18. The van der Waals surface area contributed by atoms with Gasteiger partial charge in [-0.05, 0) is 30.6 Å². The minimum atomic E-state index is -1.67. The Morgan fingerprint density at radius 1 is 1.19 bits per heavy atom. The quantitative estimate of drug-likeness (QED) is 0.708. The van der Waals surface area contributed by atoms with E-state index in [9.17, 15) is 10.2 Å². The largest absolute Gasteiger partial charge is 0.362 e. The molecule has 0 atom stereocenters. The fraction of sp³-hybridized carbons (Fsp3) is 0.286. The number of aliphatic hydroxyl groups is 2. The van der Waals surface area contributed by atoms with Gasteiger partial charge < -0.3 is 10.2 Å². The highest BCUT2D eigenvalue weighted by Crippen LogP contribution is 2.30. The molecular formula is C14H16O2. The van der Waals surface area contributed by atoms with Crippen LogP contribution in [-0.2, 0) is 0 Å². The molecule has 1 aliphatic carbocycles. The van der Waals surface area contributed by atoms with Crippen LogP contribution in [0.1, 0.15) is 24.5 Å². The molecule has 1 aliphatic rings. The third kappa shape index (κ3) is 2.08. The van der Waals surface area contributed by atoms with Gasteiger partial charge in [-0.15, -0.1) is 0 Å². The molecule has 0 saturated heterocycles. The third-order valence-corrected chi connectivity index (χ3v) is 2.96. The maximum atomic E-state index is 9.60. The summed E-state index contributed by atoms with van der Waals surface area (Å²) in [5.74, 6) is -1.67. The molecule has 0 spiro atoms. The SMILES string of the molecule is CC1=CC(c2cccc(C)c2)=CCC1(O)O. The van der Waals surface area contributed by atoms with E-state index in [0.29, 0.717) is 5.57 Å². The van der Waals surface area contributed by atoms with E-state index in [2.05, 4.69) is 6.07 Å².